The molecule has 3 rings (SSSR count). The van der Waals surface area contributed by atoms with E-state index in [0.717, 1.165) is 18.3 Å². The molecule has 1 saturated carbocycles. The van der Waals surface area contributed by atoms with Gasteiger partial charge < -0.3 is 4.74 Å². The standard InChI is InChI=1S/C33H46O/c1-3-5-6-9-28-12-16-31(17-13-28)20-21-32-18-14-29(15-19-32)10-7-8-11-30-22-24-33(25-23-30)27-34-26-4-2/h3-5,14-15,18-19,22-25,28,31H,2,6-13,16-17,20-21,26-27H2,1H3. The molecular weight excluding hydrogens is 412 g/mol. The van der Waals surface area contributed by atoms with Gasteiger partial charge in [-0.2, -0.15) is 0 Å². The third-order valence-corrected chi connectivity index (χ3v) is 7.52. The largest absolute Gasteiger partial charge is 0.373 e. The molecular formula is C33H46O. The van der Waals surface area contributed by atoms with Crippen LogP contribution in [0.3, 0.4) is 0 Å². The first-order valence-corrected chi connectivity index (χ1v) is 13.7. The summed E-state index contributed by atoms with van der Waals surface area (Å²) in [5.74, 6) is 1.93. The number of aryl methyl sites for hydroxylation is 3. The maximum Gasteiger partial charge on any atom is 0.0721 e. The van der Waals surface area contributed by atoms with Crippen LogP contribution in [0.25, 0.3) is 0 Å². The van der Waals surface area contributed by atoms with E-state index >= 15 is 0 Å². The zero-order valence-corrected chi connectivity index (χ0v) is 21.5. The fourth-order valence-corrected chi connectivity index (χ4v) is 5.27. The molecule has 2 aromatic rings. The van der Waals surface area contributed by atoms with Crippen molar-refractivity contribution >= 4 is 0 Å². The highest BCUT2D eigenvalue weighted by molar-refractivity contribution is 5.24. The highest BCUT2D eigenvalue weighted by Crippen LogP contribution is 2.34. The normalized spacial score (nSPS) is 18.4. The Morgan fingerprint density at radius 1 is 0.735 bits per heavy atom. The average Bonchev–Trinajstić information content (AvgIpc) is 2.88. The Hall–Kier alpha value is -2.12. The molecule has 1 aliphatic carbocycles. The highest BCUT2D eigenvalue weighted by atomic mass is 16.5. The Balaban J connectivity index is 1.27. The van der Waals surface area contributed by atoms with Crippen LogP contribution in [-0.2, 0) is 30.6 Å². The summed E-state index contributed by atoms with van der Waals surface area (Å²) in [6.07, 6.45) is 22.3. The zero-order valence-electron chi connectivity index (χ0n) is 21.5. The second-order valence-electron chi connectivity index (χ2n) is 10.2. The molecule has 0 heterocycles. The van der Waals surface area contributed by atoms with Gasteiger partial charge in [-0.25, -0.2) is 0 Å². The number of hydrogen-bond acceptors (Lipinski definition) is 1. The molecule has 34 heavy (non-hydrogen) atoms. The van der Waals surface area contributed by atoms with Gasteiger partial charge in [-0.3, -0.25) is 0 Å². The van der Waals surface area contributed by atoms with Crippen LogP contribution in [0.4, 0.5) is 0 Å². The Morgan fingerprint density at radius 2 is 1.24 bits per heavy atom. The molecule has 0 atom stereocenters. The highest BCUT2D eigenvalue weighted by Gasteiger charge is 2.20. The summed E-state index contributed by atoms with van der Waals surface area (Å²) in [7, 11) is 0. The number of ether oxygens (including phenoxy) is 1. The van der Waals surface area contributed by atoms with Crippen molar-refractivity contribution in [2.24, 2.45) is 11.8 Å². The second-order valence-corrected chi connectivity index (χ2v) is 10.2. The first-order chi connectivity index (χ1) is 16.8. The molecule has 0 N–H and O–H groups in total. The minimum atomic E-state index is 0.612. The molecule has 0 amide bonds. The molecule has 1 fully saturated rings. The maximum absolute atomic E-state index is 5.51. The van der Waals surface area contributed by atoms with Crippen molar-refractivity contribution in [2.75, 3.05) is 6.61 Å². The topological polar surface area (TPSA) is 9.23 Å². The maximum atomic E-state index is 5.51. The van der Waals surface area contributed by atoms with Gasteiger partial charge in [-0.15, -0.1) is 6.58 Å². The van der Waals surface area contributed by atoms with Gasteiger partial charge in [0.1, 0.15) is 0 Å². The summed E-state index contributed by atoms with van der Waals surface area (Å²) in [6, 6.07) is 18.4. The van der Waals surface area contributed by atoms with Crippen LogP contribution in [0.2, 0.25) is 0 Å². The van der Waals surface area contributed by atoms with E-state index in [2.05, 4.69) is 74.2 Å². The number of unbranched alkanes of at least 4 members (excludes halogenated alkanes) is 1. The molecule has 1 nitrogen and oxygen atoms in total. The van der Waals surface area contributed by atoms with Gasteiger partial charge >= 0.3 is 0 Å². The van der Waals surface area contributed by atoms with Crippen molar-refractivity contribution in [1.82, 2.24) is 0 Å². The molecule has 0 bridgehead atoms. The monoisotopic (exact) mass is 458 g/mol. The summed E-state index contributed by atoms with van der Waals surface area (Å²) in [4.78, 5) is 0. The quantitative estimate of drug-likeness (QED) is 0.191. The molecule has 0 aromatic heterocycles. The SMILES string of the molecule is C=CCOCc1ccc(CCCCc2ccc(CCC3CCC(CCC=CC)CC3)cc2)cc1. The molecule has 2 aromatic carbocycles. The molecule has 1 aliphatic rings. The van der Waals surface area contributed by atoms with Gasteiger partial charge in [0.15, 0.2) is 0 Å². The van der Waals surface area contributed by atoms with E-state index < -0.39 is 0 Å². The van der Waals surface area contributed by atoms with Crippen molar-refractivity contribution in [1.29, 1.82) is 0 Å². The third kappa shape index (κ3) is 10.0. The van der Waals surface area contributed by atoms with Gasteiger partial charge in [0.25, 0.3) is 0 Å². The summed E-state index contributed by atoms with van der Waals surface area (Å²) in [5.41, 5.74) is 5.67. The van der Waals surface area contributed by atoms with Gasteiger partial charge in [0, 0.05) is 0 Å². The summed E-state index contributed by atoms with van der Waals surface area (Å²) < 4.78 is 5.51. The van der Waals surface area contributed by atoms with Crippen molar-refractivity contribution in [3.63, 3.8) is 0 Å². The minimum absolute atomic E-state index is 0.612. The molecule has 0 unspecified atom stereocenters. The van der Waals surface area contributed by atoms with E-state index in [0.29, 0.717) is 13.2 Å². The fraction of sp³-hybridized carbons (Fsp3) is 0.515. The first-order valence-electron chi connectivity index (χ1n) is 13.7. The van der Waals surface area contributed by atoms with Gasteiger partial charge in [0.2, 0.25) is 0 Å². The van der Waals surface area contributed by atoms with E-state index in [-0.39, 0.29) is 0 Å². The van der Waals surface area contributed by atoms with E-state index in [9.17, 15) is 0 Å². The van der Waals surface area contributed by atoms with Crippen LogP contribution in [0, 0.1) is 11.8 Å². The minimum Gasteiger partial charge on any atom is -0.373 e. The summed E-state index contributed by atoms with van der Waals surface area (Å²) in [5, 5.41) is 0. The smallest absolute Gasteiger partial charge is 0.0721 e. The van der Waals surface area contributed by atoms with Crippen LogP contribution in [0.1, 0.15) is 87.0 Å². The van der Waals surface area contributed by atoms with Crippen LogP contribution in [0.15, 0.2) is 73.3 Å². The fourth-order valence-electron chi connectivity index (χ4n) is 5.27. The lowest BCUT2D eigenvalue weighted by molar-refractivity contribution is 0.149. The van der Waals surface area contributed by atoms with Crippen LogP contribution in [-0.4, -0.2) is 6.61 Å². The van der Waals surface area contributed by atoms with Crippen molar-refractivity contribution in [3.8, 4) is 0 Å². The summed E-state index contributed by atoms with van der Waals surface area (Å²) in [6.45, 7) is 7.10. The van der Waals surface area contributed by atoms with E-state index in [1.807, 2.05) is 0 Å². The molecule has 0 spiro atoms. The summed E-state index contributed by atoms with van der Waals surface area (Å²) >= 11 is 0. The third-order valence-electron chi connectivity index (χ3n) is 7.52. The number of allylic oxidation sites excluding steroid dienone is 2. The Morgan fingerprint density at radius 3 is 1.76 bits per heavy atom. The Kier molecular flexibility index (Phi) is 12.2. The number of hydrogen-bond donors (Lipinski definition) is 0. The molecule has 0 aliphatic heterocycles. The first kappa shape index (κ1) is 26.5. The van der Waals surface area contributed by atoms with E-state index in [1.54, 1.807) is 6.08 Å². The van der Waals surface area contributed by atoms with Crippen LogP contribution < -0.4 is 0 Å². The van der Waals surface area contributed by atoms with Crippen molar-refractivity contribution in [3.05, 3.63) is 95.6 Å². The molecule has 184 valence electrons. The van der Waals surface area contributed by atoms with E-state index in [1.165, 1.54) is 92.9 Å². The average molecular weight is 459 g/mol. The van der Waals surface area contributed by atoms with Gasteiger partial charge in [-0.1, -0.05) is 92.4 Å². The molecule has 0 radical (unpaired) electrons. The van der Waals surface area contributed by atoms with Gasteiger partial charge in [-0.05, 0) is 92.4 Å². The number of rotatable bonds is 15. The van der Waals surface area contributed by atoms with Gasteiger partial charge in [0.05, 0.1) is 13.2 Å². The van der Waals surface area contributed by atoms with Crippen LogP contribution in [0.5, 0.6) is 0 Å². The zero-order chi connectivity index (χ0) is 23.8. The number of benzene rings is 2. The predicted molar refractivity (Wildman–Crippen MR) is 147 cm³/mol. The lowest BCUT2D eigenvalue weighted by atomic mass is 9.78. The van der Waals surface area contributed by atoms with Crippen LogP contribution >= 0.6 is 0 Å². The Bertz CT molecular complexity index is 822. The predicted octanol–water partition coefficient (Wildman–Crippen LogP) is 9.05. The Labute approximate surface area is 209 Å². The van der Waals surface area contributed by atoms with Crippen molar-refractivity contribution < 1.29 is 4.74 Å². The molecule has 0 saturated heterocycles. The lowest BCUT2D eigenvalue weighted by Gasteiger charge is -2.28. The van der Waals surface area contributed by atoms with Crippen molar-refractivity contribution in [2.45, 2.75) is 90.6 Å². The lowest BCUT2D eigenvalue weighted by Crippen LogP contribution is -2.15. The van der Waals surface area contributed by atoms with E-state index in [4.69, 9.17) is 4.74 Å². The second kappa shape index (κ2) is 15.7. The molecule has 1 heteroatoms.